The summed E-state index contributed by atoms with van der Waals surface area (Å²) in [5, 5.41) is 47.0. The number of anilines is 7. The number of halogens is 15. The minimum atomic E-state index is -4.67. The fraction of sp³-hybridized carbons (Fsp3) is 0.162. The van der Waals surface area contributed by atoms with Crippen LogP contribution in [-0.2, 0) is 27.8 Å². The number of aliphatic hydroxyl groups excluding tert-OH is 1. The molecule has 6 aromatic carbocycles. The SMILES string of the molecule is CC1(C)OB(c2ccc(NC(=O)Nc3cc(C(F)(F)F)ccc3F)cc2)OC1(C)C.CCO.N#Cc1c(Cl)cncc1-c1ccc(NC(=O)Nc2cc(C(F)(F)F)ccc2F)cc1.N#Cc1c(Cl)cncc1Cl.NN.Nc1n[nH]c2cncc(-c3ccc(NC(=O)Nc4cc(C(F)(F)F)ccc4F)cc3)c12.O. The fourth-order valence-corrected chi connectivity index (χ4v) is 9.57. The maximum absolute atomic E-state index is 13.8. The Kier molecular flexibility index (Phi) is 30.3. The number of nitrogens with two attached hydrogens (primary N) is 3. The topological polar surface area (TPSA) is 387 Å². The van der Waals surface area contributed by atoms with Crippen LogP contribution in [0.4, 0.5) is 107 Å². The molecule has 0 spiro atoms. The number of carbonyl (C=O) groups excluding carboxylic acids is 3. The molecule has 0 radical (unpaired) electrons. The summed E-state index contributed by atoms with van der Waals surface area (Å²) in [7, 11) is -0.572. The number of rotatable bonds is 9. The molecule has 4 aromatic heterocycles. The van der Waals surface area contributed by atoms with Crippen LogP contribution in [0.1, 0.15) is 62.4 Å². The van der Waals surface area contributed by atoms with Crippen molar-refractivity contribution in [3.8, 4) is 34.4 Å². The number of nitriles is 2. The summed E-state index contributed by atoms with van der Waals surface area (Å²) in [4.78, 5) is 48.0. The van der Waals surface area contributed by atoms with Gasteiger partial charge in [-0.15, -0.1) is 0 Å². The zero-order valence-corrected chi connectivity index (χ0v) is 58.2. The molecule has 1 saturated heterocycles. The Hall–Kier alpha value is -11.3. The number of fused-ring (bicyclic) bond motifs is 1. The molecule has 0 bridgehead atoms. The lowest BCUT2D eigenvalue weighted by Crippen LogP contribution is -2.41. The third-order valence-corrected chi connectivity index (χ3v) is 15.6. The van der Waals surface area contributed by atoms with Crippen LogP contribution in [-0.4, -0.2) is 78.8 Å². The van der Waals surface area contributed by atoms with Crippen molar-refractivity contribution in [1.29, 1.82) is 10.5 Å². The van der Waals surface area contributed by atoms with E-state index in [1.165, 1.54) is 36.9 Å². The Balaban J connectivity index is 0.000000261. The molecule has 0 atom stereocenters. The molecule has 1 fully saturated rings. The van der Waals surface area contributed by atoms with Gasteiger partial charge in [-0.1, -0.05) is 71.2 Å². The van der Waals surface area contributed by atoms with Crippen LogP contribution >= 0.6 is 34.8 Å². The highest BCUT2D eigenvalue weighted by Crippen LogP contribution is 2.39. The maximum atomic E-state index is 13.8. The van der Waals surface area contributed by atoms with Crippen LogP contribution in [0.15, 0.2) is 165 Å². The number of hydrogen-bond donors (Lipinski definition) is 11. The second-order valence-electron chi connectivity index (χ2n) is 22.5. The van der Waals surface area contributed by atoms with Gasteiger partial charge in [0.25, 0.3) is 0 Å². The zero-order chi connectivity index (χ0) is 78.6. The minimum absolute atomic E-state index is 0. The molecule has 0 unspecified atom stereocenters. The quantitative estimate of drug-likeness (QED) is 0.0277. The average molecular weight is 1560 g/mol. The number of aromatic nitrogens is 5. The number of carbonyl (C=O) groups is 3. The first-order chi connectivity index (χ1) is 49.9. The Morgan fingerprint density at radius 1 is 0.523 bits per heavy atom. The van der Waals surface area contributed by atoms with Crippen LogP contribution < -0.4 is 54.8 Å². The largest absolute Gasteiger partial charge is 0.494 e. The summed E-state index contributed by atoms with van der Waals surface area (Å²) in [6.07, 6.45) is -5.19. The molecule has 0 saturated carbocycles. The van der Waals surface area contributed by atoms with Crippen molar-refractivity contribution in [2.75, 3.05) is 44.2 Å². The molecule has 0 aliphatic carbocycles. The van der Waals surface area contributed by atoms with Crippen molar-refractivity contribution in [2.24, 2.45) is 11.7 Å². The lowest BCUT2D eigenvalue weighted by atomic mass is 9.79. The van der Waals surface area contributed by atoms with Crippen LogP contribution in [0.25, 0.3) is 33.2 Å². The molecule has 562 valence electrons. The number of alkyl halides is 9. The summed E-state index contributed by atoms with van der Waals surface area (Å²) >= 11 is 17.1. The van der Waals surface area contributed by atoms with E-state index in [-0.39, 0.29) is 44.0 Å². The van der Waals surface area contributed by atoms with E-state index in [0.29, 0.717) is 93.8 Å². The Bertz CT molecular complexity index is 4790. The van der Waals surface area contributed by atoms with Gasteiger partial charge in [0.2, 0.25) is 0 Å². The second-order valence-corrected chi connectivity index (χ2v) is 23.7. The minimum Gasteiger partial charge on any atom is -0.412 e. The first-order valence-corrected chi connectivity index (χ1v) is 31.2. The van der Waals surface area contributed by atoms with E-state index in [1.807, 2.05) is 45.2 Å². The molecular formula is C68H60BCl3F12N16O7. The third kappa shape index (κ3) is 23.6. The molecule has 1 aliphatic rings. The van der Waals surface area contributed by atoms with Crippen molar-refractivity contribution in [3.05, 3.63) is 225 Å². The number of nitrogens with one attached hydrogen (secondary N) is 7. The predicted octanol–water partition coefficient (Wildman–Crippen LogP) is 16.1. The first kappa shape index (κ1) is 86.3. The number of aromatic amines is 1. The fourth-order valence-electron chi connectivity index (χ4n) is 8.92. The zero-order valence-electron chi connectivity index (χ0n) is 55.9. The van der Waals surface area contributed by atoms with E-state index in [9.17, 15) is 72.3 Å². The van der Waals surface area contributed by atoms with Crippen molar-refractivity contribution < 1.29 is 87.0 Å². The van der Waals surface area contributed by atoms with Crippen LogP contribution in [0.2, 0.25) is 15.1 Å². The predicted molar refractivity (Wildman–Crippen MR) is 381 cm³/mol. The molecule has 1 aliphatic heterocycles. The number of nitrogens with zero attached hydrogens (tertiary/aromatic N) is 6. The monoisotopic (exact) mass is 1560 g/mol. The van der Waals surface area contributed by atoms with Gasteiger partial charge in [0.15, 0.2) is 5.82 Å². The molecule has 107 heavy (non-hydrogen) atoms. The van der Waals surface area contributed by atoms with Gasteiger partial charge in [-0.25, -0.2) is 27.6 Å². The number of nitrogen functional groups attached to an aromatic ring is 1. The molecule has 5 heterocycles. The number of urea groups is 3. The molecule has 11 rings (SSSR count). The highest BCUT2D eigenvalue weighted by molar-refractivity contribution is 6.62. The van der Waals surface area contributed by atoms with Gasteiger partial charge in [-0.2, -0.15) is 55.1 Å². The number of hydrazine groups is 1. The highest BCUT2D eigenvalue weighted by Gasteiger charge is 2.51. The van der Waals surface area contributed by atoms with Crippen molar-refractivity contribution in [2.45, 2.75) is 64.3 Å². The van der Waals surface area contributed by atoms with Gasteiger partial charge in [0.1, 0.15) is 29.6 Å². The van der Waals surface area contributed by atoms with E-state index >= 15 is 0 Å². The number of pyridine rings is 3. The standard InChI is InChI=1S/C20H21BF4N2O3.C20H11ClF4N4O.C20H14F4N6O.C6H2Cl2N2.C2H6O.H4N2.H2O/c1-18(2)19(3,4)30-21(29-18)13-6-8-14(9-7-13)26-17(28)27-16-11-12(20(23,24)25)5-10-15(16)22;21-16-10-27-9-15(14(16)8-26)11-1-4-13(5-2-11)28-19(30)29-18-7-12(20(23,24)25)3-6-17(18)22;21-14-6-3-11(20(22,23)24)7-15(14)28-19(31)27-12-4-1-10(2-5-12)13-8-26-9-16-17(13)18(25)30-29-16;7-5-2-10-3-6(8)4(5)1-9;1-2-3;1-2;/h5-11H,1-4H3,(H2,26,27,28);1-7,9-10H,(H2,28,29,30);1-9H,(H3,25,29,30)(H2,27,28,31);2-3H;3H,2H2,1H3;1-2H2;1H2. The Morgan fingerprint density at radius 3 is 1.19 bits per heavy atom. The maximum Gasteiger partial charge on any atom is 0.494 e. The Labute approximate surface area is 615 Å². The summed E-state index contributed by atoms with van der Waals surface area (Å²) in [6, 6.07) is 25.7. The molecule has 39 heteroatoms. The number of benzene rings is 6. The van der Waals surface area contributed by atoms with E-state index in [4.69, 9.17) is 60.2 Å². The van der Waals surface area contributed by atoms with Gasteiger partial charge in [-0.3, -0.25) is 31.7 Å². The van der Waals surface area contributed by atoms with Gasteiger partial charge in [-0.05, 0) is 142 Å². The van der Waals surface area contributed by atoms with Crippen molar-refractivity contribution in [3.63, 3.8) is 0 Å². The molecular weight excluding hydrogens is 1500 g/mol. The number of aliphatic hydroxyl groups is 1. The van der Waals surface area contributed by atoms with Crippen molar-refractivity contribution >= 4 is 116 Å². The smallest absolute Gasteiger partial charge is 0.412 e. The highest BCUT2D eigenvalue weighted by atomic mass is 35.5. The van der Waals surface area contributed by atoms with Crippen LogP contribution in [0, 0.1) is 40.1 Å². The van der Waals surface area contributed by atoms with E-state index in [0.717, 1.165) is 16.6 Å². The number of H-pyrrole nitrogens is 1. The summed E-state index contributed by atoms with van der Waals surface area (Å²) in [5.41, 5.74) is 5.40. The average Bonchev–Trinajstić information content (AvgIpc) is 1.63. The van der Waals surface area contributed by atoms with Gasteiger partial charge in [0.05, 0.1) is 88.2 Å². The molecule has 6 amide bonds. The summed E-state index contributed by atoms with van der Waals surface area (Å²) in [5.74, 6) is 5.34. The van der Waals surface area contributed by atoms with Crippen molar-refractivity contribution in [1.82, 2.24) is 25.1 Å². The normalized spacial score (nSPS) is 12.4. The molecule has 10 aromatic rings. The van der Waals surface area contributed by atoms with Crippen LogP contribution in [0.5, 0.6) is 0 Å². The number of amides is 6. The first-order valence-electron chi connectivity index (χ1n) is 30.1. The van der Waals surface area contributed by atoms with Gasteiger partial charge < -0.3 is 57.5 Å². The summed E-state index contributed by atoms with van der Waals surface area (Å²) < 4.78 is 168. The third-order valence-electron chi connectivity index (χ3n) is 14.7. The van der Waals surface area contributed by atoms with E-state index < -0.39 is 106 Å². The van der Waals surface area contributed by atoms with Crippen LogP contribution in [0.3, 0.4) is 0 Å². The van der Waals surface area contributed by atoms with Gasteiger partial charge in [0, 0.05) is 65.8 Å². The van der Waals surface area contributed by atoms with E-state index in [2.05, 4.69) is 63.4 Å². The van der Waals surface area contributed by atoms with Gasteiger partial charge >= 0.3 is 43.7 Å². The molecule has 23 nitrogen and oxygen atoms in total. The Morgan fingerprint density at radius 2 is 0.841 bits per heavy atom. The molecule has 16 N–H and O–H groups in total. The lowest BCUT2D eigenvalue weighted by molar-refractivity contribution is -0.138. The number of hydrogen-bond acceptors (Lipinski definition) is 15. The second kappa shape index (κ2) is 37.6. The van der Waals surface area contributed by atoms with E-state index in [1.54, 1.807) is 80.0 Å². The summed E-state index contributed by atoms with van der Waals surface area (Å²) in [6.45, 7) is 9.65. The lowest BCUT2D eigenvalue weighted by Gasteiger charge is -2.32.